The van der Waals surface area contributed by atoms with Crippen LogP contribution in [-0.4, -0.2) is 17.6 Å². The van der Waals surface area contributed by atoms with E-state index in [0.717, 1.165) is 6.08 Å². The minimum atomic E-state index is -1.04. The fourth-order valence-corrected chi connectivity index (χ4v) is 0.237. The molecule has 0 atom stereocenters. The number of aliphatic carboxylic acids is 1. The Morgan fingerprint density at radius 1 is 1.89 bits per heavy atom. The van der Waals surface area contributed by atoms with Gasteiger partial charge in [0.1, 0.15) is 0 Å². The molecule has 9 heavy (non-hydrogen) atoms. The zero-order valence-corrected chi connectivity index (χ0v) is 4.56. The van der Waals surface area contributed by atoms with Gasteiger partial charge in [-0.05, 0) is 5.53 Å². The normalized spacial score (nSPS) is 8.89. The molecule has 0 rings (SSSR count). The maximum absolute atomic E-state index is 9.74. The number of rotatable bonds is 3. The van der Waals surface area contributed by atoms with Gasteiger partial charge in [0.15, 0.2) is 0 Å². The van der Waals surface area contributed by atoms with Gasteiger partial charge in [-0.1, -0.05) is 11.2 Å². The highest BCUT2D eigenvalue weighted by atomic mass is 16.4. The van der Waals surface area contributed by atoms with Gasteiger partial charge >= 0.3 is 5.97 Å². The molecule has 0 bridgehead atoms. The second kappa shape index (κ2) is 4.67. The lowest BCUT2D eigenvalue weighted by molar-refractivity contribution is -0.131. The van der Waals surface area contributed by atoms with E-state index in [4.69, 9.17) is 10.6 Å². The van der Waals surface area contributed by atoms with Crippen LogP contribution < -0.4 is 0 Å². The van der Waals surface area contributed by atoms with Gasteiger partial charge in [0.2, 0.25) is 0 Å². The number of hydrogen-bond donors (Lipinski definition) is 1. The molecule has 0 amide bonds. The molecule has 5 heteroatoms. The van der Waals surface area contributed by atoms with Crippen molar-refractivity contribution in [1.82, 2.24) is 0 Å². The van der Waals surface area contributed by atoms with Gasteiger partial charge in [-0.25, -0.2) is 4.79 Å². The monoisotopic (exact) mass is 127 g/mol. The summed E-state index contributed by atoms with van der Waals surface area (Å²) in [6, 6.07) is 0. The van der Waals surface area contributed by atoms with E-state index >= 15 is 0 Å². The fourth-order valence-electron chi connectivity index (χ4n) is 0.237. The number of carbonyl (C=O) groups is 1. The van der Waals surface area contributed by atoms with Gasteiger partial charge in [-0.3, -0.25) is 0 Å². The third kappa shape index (κ3) is 6.52. The third-order valence-electron chi connectivity index (χ3n) is 0.511. The Hall–Kier alpha value is -1.48. The molecule has 0 spiro atoms. The summed E-state index contributed by atoms with van der Waals surface area (Å²) >= 11 is 0. The van der Waals surface area contributed by atoms with E-state index in [2.05, 4.69) is 10.0 Å². The van der Waals surface area contributed by atoms with Crippen LogP contribution in [0.15, 0.2) is 17.3 Å². The highest BCUT2D eigenvalue weighted by molar-refractivity contribution is 5.79. The molecule has 0 saturated carbocycles. The molecule has 0 aliphatic carbocycles. The first-order valence-corrected chi connectivity index (χ1v) is 2.17. The highest BCUT2D eigenvalue weighted by Gasteiger charge is 1.80. The summed E-state index contributed by atoms with van der Waals surface area (Å²) in [4.78, 5) is 12.2. The minimum Gasteiger partial charge on any atom is -0.478 e. The van der Waals surface area contributed by atoms with Crippen molar-refractivity contribution in [2.75, 3.05) is 6.54 Å². The number of carboxylic acid groups (broad SMARTS) is 1. The van der Waals surface area contributed by atoms with Crippen LogP contribution in [0.5, 0.6) is 0 Å². The van der Waals surface area contributed by atoms with Gasteiger partial charge in [0.05, 0.1) is 0 Å². The van der Waals surface area contributed by atoms with Crippen LogP contribution in [0.25, 0.3) is 10.4 Å². The highest BCUT2D eigenvalue weighted by Crippen LogP contribution is 1.75. The van der Waals surface area contributed by atoms with E-state index in [-0.39, 0.29) is 6.54 Å². The Bertz CT molecular complexity index is 169. The lowest BCUT2D eigenvalue weighted by Crippen LogP contribution is -1.85. The Morgan fingerprint density at radius 3 is 3.00 bits per heavy atom. The Balaban J connectivity index is 3.48. The molecule has 0 aromatic heterocycles. The van der Waals surface area contributed by atoms with Crippen LogP contribution >= 0.6 is 0 Å². The fraction of sp³-hybridized carbons (Fsp3) is 0.250. The second-order valence-electron chi connectivity index (χ2n) is 1.15. The van der Waals surface area contributed by atoms with Crippen LogP contribution in [0.2, 0.25) is 0 Å². The molecule has 0 saturated heterocycles. The average Bonchev–Trinajstić information content (AvgIpc) is 1.80. The number of hydrogen-bond acceptors (Lipinski definition) is 2. The minimum absolute atomic E-state index is 0.0861. The van der Waals surface area contributed by atoms with Crippen LogP contribution in [-0.2, 0) is 4.79 Å². The SMILES string of the molecule is [N-]=[N+]=NCC=CC(=O)O. The summed E-state index contributed by atoms with van der Waals surface area (Å²) < 4.78 is 0. The molecule has 0 radical (unpaired) electrons. The summed E-state index contributed by atoms with van der Waals surface area (Å²) in [6.07, 6.45) is 2.19. The Labute approximate surface area is 51.2 Å². The average molecular weight is 127 g/mol. The molecular weight excluding hydrogens is 122 g/mol. The molecule has 0 unspecified atom stereocenters. The van der Waals surface area contributed by atoms with Crippen LogP contribution in [0.1, 0.15) is 0 Å². The van der Waals surface area contributed by atoms with Crippen molar-refractivity contribution in [3.63, 3.8) is 0 Å². The lowest BCUT2D eigenvalue weighted by Gasteiger charge is -1.74. The third-order valence-corrected chi connectivity index (χ3v) is 0.511. The Kier molecular flexibility index (Phi) is 3.90. The summed E-state index contributed by atoms with van der Waals surface area (Å²) in [5.41, 5.74) is 7.71. The molecule has 5 nitrogen and oxygen atoms in total. The van der Waals surface area contributed by atoms with Crippen molar-refractivity contribution >= 4 is 5.97 Å². The van der Waals surface area contributed by atoms with E-state index in [0.29, 0.717) is 0 Å². The van der Waals surface area contributed by atoms with Crippen molar-refractivity contribution in [3.05, 3.63) is 22.6 Å². The van der Waals surface area contributed by atoms with Gasteiger partial charge in [-0.15, -0.1) is 0 Å². The molecule has 0 aromatic rings. The number of carboxylic acids is 1. The van der Waals surface area contributed by atoms with Gasteiger partial charge in [0, 0.05) is 17.5 Å². The molecule has 0 heterocycles. The van der Waals surface area contributed by atoms with E-state index < -0.39 is 5.97 Å². The molecule has 0 aromatic carbocycles. The van der Waals surface area contributed by atoms with Crippen LogP contribution in [0, 0.1) is 0 Å². The largest absolute Gasteiger partial charge is 0.478 e. The zero-order valence-electron chi connectivity index (χ0n) is 4.56. The molecular formula is C4H5N3O2. The van der Waals surface area contributed by atoms with Crippen molar-refractivity contribution in [1.29, 1.82) is 0 Å². The molecule has 0 aliphatic heterocycles. The van der Waals surface area contributed by atoms with E-state index in [9.17, 15) is 4.79 Å². The van der Waals surface area contributed by atoms with Gasteiger partial charge in [0.25, 0.3) is 0 Å². The maximum atomic E-state index is 9.74. The van der Waals surface area contributed by atoms with Crippen molar-refractivity contribution in [3.8, 4) is 0 Å². The first-order chi connectivity index (χ1) is 4.27. The number of azide groups is 1. The predicted octanol–water partition coefficient (Wildman–Crippen LogP) is 0.938. The quantitative estimate of drug-likeness (QED) is 0.264. The van der Waals surface area contributed by atoms with E-state index in [1.54, 1.807) is 0 Å². The molecule has 48 valence electrons. The summed E-state index contributed by atoms with van der Waals surface area (Å²) in [6.45, 7) is 0.0861. The van der Waals surface area contributed by atoms with E-state index in [1.807, 2.05) is 0 Å². The lowest BCUT2D eigenvalue weighted by atomic mass is 10.5. The van der Waals surface area contributed by atoms with Gasteiger partial charge < -0.3 is 5.11 Å². The smallest absolute Gasteiger partial charge is 0.327 e. The topological polar surface area (TPSA) is 86.1 Å². The van der Waals surface area contributed by atoms with Crippen molar-refractivity contribution < 1.29 is 9.90 Å². The maximum Gasteiger partial charge on any atom is 0.327 e. The van der Waals surface area contributed by atoms with E-state index in [1.165, 1.54) is 6.08 Å². The summed E-state index contributed by atoms with van der Waals surface area (Å²) in [5, 5.41) is 11.1. The Morgan fingerprint density at radius 2 is 2.56 bits per heavy atom. The van der Waals surface area contributed by atoms with Crippen LogP contribution in [0.4, 0.5) is 0 Å². The van der Waals surface area contributed by atoms with Crippen LogP contribution in [0.3, 0.4) is 0 Å². The summed E-state index contributed by atoms with van der Waals surface area (Å²) in [7, 11) is 0. The standard InChI is InChI=1S/C4H5N3O2/c5-7-6-3-1-2-4(8)9/h1-2H,3H2,(H,8,9). The van der Waals surface area contributed by atoms with Crippen molar-refractivity contribution in [2.24, 2.45) is 5.11 Å². The first-order valence-electron chi connectivity index (χ1n) is 2.17. The molecule has 0 aliphatic rings. The number of nitrogens with zero attached hydrogens (tertiary/aromatic N) is 3. The second-order valence-corrected chi connectivity index (χ2v) is 1.15. The van der Waals surface area contributed by atoms with Crippen molar-refractivity contribution in [2.45, 2.75) is 0 Å². The van der Waals surface area contributed by atoms with Gasteiger partial charge in [-0.2, -0.15) is 0 Å². The summed E-state index contributed by atoms with van der Waals surface area (Å²) in [5.74, 6) is -1.04. The predicted molar refractivity (Wildman–Crippen MR) is 30.8 cm³/mol. The molecule has 0 fully saturated rings. The molecule has 1 N–H and O–H groups in total. The zero-order chi connectivity index (χ0) is 7.11. The first kappa shape index (κ1) is 7.52.